The first-order chi connectivity index (χ1) is 14.6. The first-order valence-electron chi connectivity index (χ1n) is 9.93. The third-order valence-corrected chi connectivity index (χ3v) is 6.87. The highest BCUT2D eigenvalue weighted by atomic mass is 79.9. The van der Waals surface area contributed by atoms with E-state index in [-0.39, 0.29) is 17.5 Å². The molecule has 2 aromatic carbocycles. The van der Waals surface area contributed by atoms with Crippen LogP contribution in [-0.2, 0) is 0 Å². The van der Waals surface area contributed by atoms with Crippen molar-refractivity contribution in [3.05, 3.63) is 62.3 Å². The lowest BCUT2D eigenvalue weighted by molar-refractivity contribution is 0.0608. The summed E-state index contributed by atoms with van der Waals surface area (Å²) in [7, 11) is 2.04. The molecule has 1 atom stereocenters. The fraction of sp³-hybridized carbons (Fsp3) is 0.364. The van der Waals surface area contributed by atoms with E-state index in [1.807, 2.05) is 7.05 Å². The first-order valence-corrected chi connectivity index (χ1v) is 11.1. The molecule has 2 aromatic rings. The van der Waals surface area contributed by atoms with Gasteiger partial charge in [0, 0.05) is 57.0 Å². The molecule has 0 spiro atoms. The van der Waals surface area contributed by atoms with Crippen LogP contribution in [0, 0.1) is 5.82 Å². The largest absolute Gasteiger partial charge is 0.341 e. The van der Waals surface area contributed by atoms with E-state index in [4.69, 9.17) is 11.6 Å². The maximum atomic E-state index is 13.9. The van der Waals surface area contributed by atoms with E-state index in [9.17, 15) is 14.0 Å². The van der Waals surface area contributed by atoms with Gasteiger partial charge in [0.05, 0.1) is 6.04 Å². The molecule has 0 aromatic heterocycles. The lowest BCUT2D eigenvalue weighted by atomic mass is 9.96. The van der Waals surface area contributed by atoms with Crippen LogP contribution in [0.15, 0.2) is 34.8 Å². The average Bonchev–Trinajstić information content (AvgIpc) is 3.02. The van der Waals surface area contributed by atoms with E-state index < -0.39 is 11.9 Å². The predicted octanol–water partition coefficient (Wildman–Crippen LogP) is 4.63. The van der Waals surface area contributed by atoms with Crippen molar-refractivity contribution in [3.8, 4) is 0 Å². The number of fused-ring (bicyclic) bond motifs is 1. The standard InChI is InChI=1S/C22H23BrClFN4O2/c1-22(2)11-29(7-6-28(22)3)21(31)26-17-9-12(23)8-15-18(17)19(27-20(15)30)14-10-13(25)4-5-16(14)24/h4-5,8-10,19H,6-7,11H2,1-3H3,(H,26,31)(H,27,30)/t19-/m1/s1. The normalized spacial score (nSPS) is 20.4. The maximum Gasteiger partial charge on any atom is 0.321 e. The zero-order chi connectivity index (χ0) is 22.5. The van der Waals surface area contributed by atoms with Crippen molar-refractivity contribution in [2.75, 3.05) is 32.0 Å². The average molecular weight is 510 g/mol. The summed E-state index contributed by atoms with van der Waals surface area (Å²) in [5, 5.41) is 6.16. The zero-order valence-corrected chi connectivity index (χ0v) is 19.8. The van der Waals surface area contributed by atoms with Crippen LogP contribution in [0.25, 0.3) is 0 Å². The van der Waals surface area contributed by atoms with E-state index in [0.717, 1.165) is 6.54 Å². The van der Waals surface area contributed by atoms with Gasteiger partial charge in [0.15, 0.2) is 0 Å². The second kappa shape index (κ2) is 8.07. The van der Waals surface area contributed by atoms with Crippen LogP contribution in [-0.4, -0.2) is 54.0 Å². The number of carbonyl (C=O) groups excluding carboxylic acids is 2. The van der Waals surface area contributed by atoms with E-state index in [1.54, 1.807) is 17.0 Å². The lowest BCUT2D eigenvalue weighted by Gasteiger charge is -2.45. The van der Waals surface area contributed by atoms with Gasteiger partial charge in [-0.25, -0.2) is 9.18 Å². The van der Waals surface area contributed by atoms with Crippen molar-refractivity contribution in [2.24, 2.45) is 0 Å². The van der Waals surface area contributed by atoms with Gasteiger partial charge >= 0.3 is 6.03 Å². The van der Waals surface area contributed by atoms with Crippen LogP contribution in [0.3, 0.4) is 0 Å². The highest BCUT2D eigenvalue weighted by Gasteiger charge is 2.36. The molecule has 164 valence electrons. The number of nitrogens with one attached hydrogen (secondary N) is 2. The number of hydrogen-bond donors (Lipinski definition) is 2. The minimum Gasteiger partial charge on any atom is -0.341 e. The molecule has 31 heavy (non-hydrogen) atoms. The summed E-state index contributed by atoms with van der Waals surface area (Å²) in [6.45, 7) is 6.11. The van der Waals surface area contributed by atoms with Crippen molar-refractivity contribution in [1.82, 2.24) is 15.1 Å². The van der Waals surface area contributed by atoms with Gasteiger partial charge in [-0.2, -0.15) is 0 Å². The first kappa shape index (κ1) is 22.0. The number of amides is 3. The van der Waals surface area contributed by atoms with Gasteiger partial charge in [-0.05, 0) is 51.2 Å². The third kappa shape index (κ3) is 4.16. The third-order valence-electron chi connectivity index (χ3n) is 6.07. The number of anilines is 1. The summed E-state index contributed by atoms with van der Waals surface area (Å²) in [5.41, 5.74) is 1.75. The Hall–Kier alpha value is -2.16. The Morgan fingerprint density at radius 3 is 2.74 bits per heavy atom. The quantitative estimate of drug-likeness (QED) is 0.620. The van der Waals surface area contributed by atoms with Crippen LogP contribution in [0.1, 0.15) is 41.4 Å². The Morgan fingerprint density at radius 2 is 2.03 bits per heavy atom. The number of likely N-dealkylation sites (N-methyl/N-ethyl adjacent to an activating group) is 1. The number of benzene rings is 2. The molecular formula is C22H23BrClFN4O2. The molecule has 0 aliphatic carbocycles. The van der Waals surface area contributed by atoms with Gasteiger partial charge in [0.1, 0.15) is 5.82 Å². The summed E-state index contributed by atoms with van der Waals surface area (Å²) >= 11 is 9.74. The molecule has 0 saturated carbocycles. The van der Waals surface area contributed by atoms with Crippen LogP contribution in [0.4, 0.5) is 14.9 Å². The molecule has 6 nitrogen and oxygen atoms in total. The number of urea groups is 1. The van der Waals surface area contributed by atoms with Crippen LogP contribution in [0.2, 0.25) is 5.02 Å². The second-order valence-electron chi connectivity index (χ2n) is 8.57. The molecule has 2 heterocycles. The number of carbonyl (C=O) groups is 2. The number of piperazine rings is 1. The van der Waals surface area contributed by atoms with Crippen LogP contribution in [0.5, 0.6) is 0 Å². The minimum atomic E-state index is -0.668. The topological polar surface area (TPSA) is 64.7 Å². The van der Waals surface area contributed by atoms with E-state index in [0.29, 0.717) is 45.0 Å². The van der Waals surface area contributed by atoms with Crippen molar-refractivity contribution >= 4 is 45.2 Å². The molecule has 2 N–H and O–H groups in total. The molecule has 1 saturated heterocycles. The van der Waals surface area contributed by atoms with Gasteiger partial charge in [-0.1, -0.05) is 27.5 Å². The SMILES string of the molecule is CN1CCN(C(=O)Nc2cc(Br)cc3c2[C@@H](c2cc(F)ccc2Cl)NC3=O)CC1(C)C. The maximum absolute atomic E-state index is 13.9. The van der Waals surface area contributed by atoms with Gasteiger partial charge in [-0.15, -0.1) is 0 Å². The van der Waals surface area contributed by atoms with Crippen LogP contribution >= 0.6 is 27.5 Å². The van der Waals surface area contributed by atoms with Crippen molar-refractivity contribution < 1.29 is 14.0 Å². The van der Waals surface area contributed by atoms with E-state index in [1.165, 1.54) is 18.2 Å². The Balaban J connectivity index is 1.70. The fourth-order valence-electron chi connectivity index (χ4n) is 4.08. The minimum absolute atomic E-state index is 0.149. The summed E-state index contributed by atoms with van der Waals surface area (Å²) in [6.07, 6.45) is 0. The summed E-state index contributed by atoms with van der Waals surface area (Å²) in [5.74, 6) is -0.762. The van der Waals surface area contributed by atoms with E-state index >= 15 is 0 Å². The summed E-state index contributed by atoms with van der Waals surface area (Å²) in [6, 6.07) is 6.55. The van der Waals surface area contributed by atoms with Gasteiger partial charge < -0.3 is 15.5 Å². The molecule has 4 rings (SSSR count). The van der Waals surface area contributed by atoms with E-state index in [2.05, 4.69) is 45.3 Å². The van der Waals surface area contributed by atoms with Crippen LogP contribution < -0.4 is 10.6 Å². The lowest BCUT2D eigenvalue weighted by Crippen LogP contribution is -2.59. The molecule has 0 bridgehead atoms. The zero-order valence-electron chi connectivity index (χ0n) is 17.4. The highest BCUT2D eigenvalue weighted by Crippen LogP contribution is 2.41. The molecule has 2 aliphatic heterocycles. The Bertz CT molecular complexity index is 1080. The number of hydrogen-bond acceptors (Lipinski definition) is 3. The fourth-order valence-corrected chi connectivity index (χ4v) is 4.76. The molecule has 0 radical (unpaired) electrons. The molecular weight excluding hydrogens is 487 g/mol. The molecule has 0 unspecified atom stereocenters. The Morgan fingerprint density at radius 1 is 1.29 bits per heavy atom. The monoisotopic (exact) mass is 508 g/mol. The van der Waals surface area contributed by atoms with Crippen molar-refractivity contribution in [2.45, 2.75) is 25.4 Å². The summed E-state index contributed by atoms with van der Waals surface area (Å²) < 4.78 is 14.6. The second-order valence-corrected chi connectivity index (χ2v) is 9.90. The van der Waals surface area contributed by atoms with Crippen molar-refractivity contribution in [3.63, 3.8) is 0 Å². The molecule has 2 aliphatic rings. The Labute approximate surface area is 193 Å². The van der Waals surface area contributed by atoms with Crippen molar-refractivity contribution in [1.29, 1.82) is 0 Å². The Kier molecular flexibility index (Phi) is 5.74. The molecule has 3 amide bonds. The molecule has 1 fully saturated rings. The smallest absolute Gasteiger partial charge is 0.321 e. The predicted molar refractivity (Wildman–Crippen MR) is 122 cm³/mol. The van der Waals surface area contributed by atoms with Gasteiger partial charge in [-0.3, -0.25) is 9.69 Å². The highest BCUT2D eigenvalue weighted by molar-refractivity contribution is 9.10. The molecule has 9 heteroatoms. The van der Waals surface area contributed by atoms with Gasteiger partial charge in [0.2, 0.25) is 0 Å². The number of halogens is 3. The summed E-state index contributed by atoms with van der Waals surface area (Å²) in [4.78, 5) is 29.8. The number of nitrogens with zero attached hydrogens (tertiary/aromatic N) is 2. The number of rotatable bonds is 2. The van der Waals surface area contributed by atoms with Gasteiger partial charge in [0.25, 0.3) is 5.91 Å².